The molecule has 0 bridgehead atoms. The predicted molar refractivity (Wildman–Crippen MR) is 77.9 cm³/mol. The fraction of sp³-hybridized carbons (Fsp3) is 0.538. The fourth-order valence-electron chi connectivity index (χ4n) is 2.14. The van der Waals surface area contributed by atoms with E-state index < -0.39 is 0 Å². The molecule has 0 aliphatic heterocycles. The summed E-state index contributed by atoms with van der Waals surface area (Å²) in [5.74, 6) is 6.74. The summed E-state index contributed by atoms with van der Waals surface area (Å²) >= 11 is 1.68. The first-order valence-electron chi connectivity index (χ1n) is 6.60. The molecule has 19 heavy (non-hydrogen) atoms. The smallest absolute Gasteiger partial charge is 0.110 e. The molecule has 0 aromatic carbocycles. The van der Waals surface area contributed by atoms with Crippen LogP contribution in [0.25, 0.3) is 0 Å². The highest BCUT2D eigenvalue weighted by molar-refractivity contribution is 7.09. The fourth-order valence-corrected chi connectivity index (χ4v) is 2.76. The highest BCUT2D eigenvalue weighted by Gasteiger charge is 2.14. The van der Waals surface area contributed by atoms with Crippen molar-refractivity contribution >= 4 is 11.3 Å². The summed E-state index contributed by atoms with van der Waals surface area (Å²) in [7, 11) is 0. The third-order valence-corrected chi connectivity index (χ3v) is 3.88. The van der Waals surface area contributed by atoms with Crippen molar-refractivity contribution in [3.05, 3.63) is 34.3 Å². The van der Waals surface area contributed by atoms with Crippen molar-refractivity contribution in [3.63, 3.8) is 0 Å². The number of hydrogen-bond acceptors (Lipinski definition) is 5. The maximum Gasteiger partial charge on any atom is 0.110 e. The SMILES string of the molecule is CCCn1ccnc1CC(Cc1csc(C)n1)NN. The molecule has 0 fully saturated rings. The lowest BCUT2D eigenvalue weighted by Gasteiger charge is -2.15. The largest absolute Gasteiger partial charge is 0.335 e. The highest BCUT2D eigenvalue weighted by Crippen LogP contribution is 2.12. The van der Waals surface area contributed by atoms with Crippen LogP contribution in [0.5, 0.6) is 0 Å². The molecular weight excluding hydrogens is 258 g/mol. The maximum atomic E-state index is 5.66. The van der Waals surface area contributed by atoms with E-state index in [1.165, 1.54) is 0 Å². The van der Waals surface area contributed by atoms with E-state index in [1.54, 1.807) is 11.3 Å². The number of nitrogens with one attached hydrogen (secondary N) is 1. The van der Waals surface area contributed by atoms with Crippen LogP contribution in [0.3, 0.4) is 0 Å². The molecule has 0 amide bonds. The third-order valence-electron chi connectivity index (χ3n) is 3.05. The van der Waals surface area contributed by atoms with Crippen molar-refractivity contribution < 1.29 is 0 Å². The first-order valence-corrected chi connectivity index (χ1v) is 7.48. The van der Waals surface area contributed by atoms with Gasteiger partial charge in [0, 0.05) is 43.2 Å². The third kappa shape index (κ3) is 3.86. The van der Waals surface area contributed by atoms with Gasteiger partial charge in [-0.25, -0.2) is 9.97 Å². The van der Waals surface area contributed by atoms with E-state index in [0.717, 1.165) is 42.3 Å². The Morgan fingerprint density at radius 3 is 2.95 bits per heavy atom. The van der Waals surface area contributed by atoms with Crippen LogP contribution in [-0.4, -0.2) is 20.6 Å². The molecule has 2 rings (SSSR count). The first-order chi connectivity index (χ1) is 9.22. The van der Waals surface area contributed by atoms with Gasteiger partial charge in [0.1, 0.15) is 5.82 Å². The summed E-state index contributed by atoms with van der Waals surface area (Å²) in [4.78, 5) is 8.90. The van der Waals surface area contributed by atoms with Crippen LogP contribution in [0, 0.1) is 6.92 Å². The van der Waals surface area contributed by atoms with Gasteiger partial charge in [0.05, 0.1) is 10.7 Å². The number of nitrogens with two attached hydrogens (primary N) is 1. The van der Waals surface area contributed by atoms with Crippen molar-refractivity contribution in [1.29, 1.82) is 0 Å². The van der Waals surface area contributed by atoms with E-state index in [9.17, 15) is 0 Å². The first kappa shape index (κ1) is 14.2. The molecule has 5 nitrogen and oxygen atoms in total. The van der Waals surface area contributed by atoms with E-state index in [2.05, 4.69) is 32.3 Å². The van der Waals surface area contributed by atoms with Crippen LogP contribution in [0.1, 0.15) is 29.9 Å². The molecule has 104 valence electrons. The van der Waals surface area contributed by atoms with E-state index >= 15 is 0 Å². The Morgan fingerprint density at radius 2 is 2.32 bits per heavy atom. The van der Waals surface area contributed by atoms with Gasteiger partial charge in [-0.05, 0) is 13.3 Å². The summed E-state index contributed by atoms with van der Waals surface area (Å²) in [5, 5.41) is 3.19. The van der Waals surface area contributed by atoms with Crippen LogP contribution in [0.2, 0.25) is 0 Å². The number of nitrogens with zero attached hydrogens (tertiary/aromatic N) is 3. The molecule has 2 aromatic rings. The second-order valence-electron chi connectivity index (χ2n) is 4.67. The van der Waals surface area contributed by atoms with Crippen LogP contribution >= 0.6 is 11.3 Å². The predicted octanol–water partition coefficient (Wildman–Crippen LogP) is 1.68. The monoisotopic (exact) mass is 279 g/mol. The number of rotatable bonds is 7. The molecule has 1 unspecified atom stereocenters. The Balaban J connectivity index is 2.00. The molecule has 6 heteroatoms. The lowest BCUT2D eigenvalue weighted by molar-refractivity contribution is 0.492. The lowest BCUT2D eigenvalue weighted by Crippen LogP contribution is -2.39. The quantitative estimate of drug-likeness (QED) is 0.597. The number of aryl methyl sites for hydroxylation is 2. The van der Waals surface area contributed by atoms with Gasteiger partial charge in [-0.1, -0.05) is 6.92 Å². The number of thiazole rings is 1. The van der Waals surface area contributed by atoms with E-state index in [4.69, 9.17) is 5.84 Å². The molecule has 0 aliphatic carbocycles. The summed E-state index contributed by atoms with van der Waals surface area (Å²) < 4.78 is 2.19. The standard InChI is InChI=1S/C13H21N5S/c1-3-5-18-6-4-15-13(18)8-11(17-14)7-12-9-19-10(2)16-12/h4,6,9,11,17H,3,5,7-8,14H2,1-2H3. The maximum absolute atomic E-state index is 5.66. The molecule has 2 heterocycles. The zero-order chi connectivity index (χ0) is 13.7. The van der Waals surface area contributed by atoms with Gasteiger partial charge >= 0.3 is 0 Å². The molecule has 0 radical (unpaired) electrons. The van der Waals surface area contributed by atoms with Crippen molar-refractivity contribution in [2.24, 2.45) is 5.84 Å². The second kappa shape index (κ2) is 6.79. The zero-order valence-electron chi connectivity index (χ0n) is 11.5. The molecule has 0 spiro atoms. The minimum Gasteiger partial charge on any atom is -0.335 e. The number of imidazole rings is 1. The Bertz CT molecular complexity index is 505. The van der Waals surface area contributed by atoms with E-state index in [1.807, 2.05) is 19.3 Å². The van der Waals surface area contributed by atoms with Gasteiger partial charge in [0.25, 0.3) is 0 Å². The Hall–Kier alpha value is -1.24. The van der Waals surface area contributed by atoms with E-state index in [0.29, 0.717) is 0 Å². The molecule has 0 aliphatic rings. The van der Waals surface area contributed by atoms with Crippen molar-refractivity contribution in [2.75, 3.05) is 0 Å². The van der Waals surface area contributed by atoms with Gasteiger partial charge < -0.3 is 4.57 Å². The zero-order valence-corrected chi connectivity index (χ0v) is 12.3. The second-order valence-corrected chi connectivity index (χ2v) is 5.73. The van der Waals surface area contributed by atoms with Gasteiger partial charge in [0.15, 0.2) is 0 Å². The average Bonchev–Trinajstić information content (AvgIpc) is 2.99. The van der Waals surface area contributed by atoms with E-state index in [-0.39, 0.29) is 6.04 Å². The minimum atomic E-state index is 0.166. The Morgan fingerprint density at radius 1 is 1.47 bits per heavy atom. The Kier molecular flexibility index (Phi) is 5.07. The van der Waals surface area contributed by atoms with Crippen LogP contribution in [-0.2, 0) is 19.4 Å². The summed E-state index contributed by atoms with van der Waals surface area (Å²) in [6.07, 6.45) is 6.64. The van der Waals surface area contributed by atoms with Crippen LogP contribution in [0.15, 0.2) is 17.8 Å². The highest BCUT2D eigenvalue weighted by atomic mass is 32.1. The molecule has 3 N–H and O–H groups in total. The van der Waals surface area contributed by atoms with Gasteiger partial charge in [-0.2, -0.15) is 0 Å². The summed E-state index contributed by atoms with van der Waals surface area (Å²) in [6.45, 7) is 5.19. The van der Waals surface area contributed by atoms with Crippen LogP contribution < -0.4 is 11.3 Å². The summed E-state index contributed by atoms with van der Waals surface area (Å²) in [5.41, 5.74) is 3.98. The van der Waals surface area contributed by atoms with Crippen molar-refractivity contribution in [2.45, 2.75) is 45.7 Å². The normalized spacial score (nSPS) is 12.8. The molecule has 1 atom stereocenters. The molecule has 0 saturated carbocycles. The number of aromatic nitrogens is 3. The summed E-state index contributed by atoms with van der Waals surface area (Å²) in [6, 6.07) is 0.166. The van der Waals surface area contributed by atoms with Crippen molar-refractivity contribution in [1.82, 2.24) is 20.0 Å². The minimum absolute atomic E-state index is 0.166. The van der Waals surface area contributed by atoms with Gasteiger partial charge in [-0.15, -0.1) is 11.3 Å². The average molecular weight is 279 g/mol. The van der Waals surface area contributed by atoms with Crippen LogP contribution in [0.4, 0.5) is 0 Å². The van der Waals surface area contributed by atoms with Gasteiger partial charge in [-0.3, -0.25) is 11.3 Å². The Labute approximate surface area is 117 Å². The number of hydrazine groups is 1. The topological polar surface area (TPSA) is 68.8 Å². The van der Waals surface area contributed by atoms with Crippen molar-refractivity contribution in [3.8, 4) is 0 Å². The lowest BCUT2D eigenvalue weighted by atomic mass is 10.1. The molecule has 2 aromatic heterocycles. The molecule has 0 saturated heterocycles. The number of hydrogen-bond donors (Lipinski definition) is 2. The molecular formula is C13H21N5S. The van der Waals surface area contributed by atoms with Gasteiger partial charge in [0.2, 0.25) is 0 Å².